The van der Waals surface area contributed by atoms with Crippen molar-refractivity contribution in [3.05, 3.63) is 0 Å². The largest absolute Gasteiger partial charge is 0.387 e. The molecule has 0 aliphatic carbocycles. The molecule has 12 heavy (non-hydrogen) atoms. The van der Waals surface area contributed by atoms with Gasteiger partial charge in [-0.1, -0.05) is 6.92 Å². The Balaban J connectivity index is 2.17. The van der Waals surface area contributed by atoms with Crippen molar-refractivity contribution in [2.24, 2.45) is 16.6 Å². The first-order chi connectivity index (χ1) is 5.83. The van der Waals surface area contributed by atoms with E-state index in [1.165, 1.54) is 0 Å². The van der Waals surface area contributed by atoms with Crippen LogP contribution in [0.15, 0.2) is 4.99 Å². The van der Waals surface area contributed by atoms with Gasteiger partial charge in [0.25, 0.3) is 0 Å². The monoisotopic (exact) mass is 170 g/mol. The van der Waals surface area contributed by atoms with Crippen LogP contribution in [0.25, 0.3) is 0 Å². The first-order valence-electron chi connectivity index (χ1n) is 4.69. The molecule has 1 rings (SSSR count). The van der Waals surface area contributed by atoms with Gasteiger partial charge in [-0.15, -0.1) is 0 Å². The highest BCUT2D eigenvalue weighted by atomic mass is 16.5. The van der Waals surface area contributed by atoms with E-state index in [0.29, 0.717) is 5.92 Å². The van der Waals surface area contributed by atoms with E-state index in [0.717, 1.165) is 44.9 Å². The van der Waals surface area contributed by atoms with Crippen LogP contribution < -0.4 is 5.73 Å². The van der Waals surface area contributed by atoms with Crippen molar-refractivity contribution < 1.29 is 4.74 Å². The standard InChI is InChI=1S/C9H18N2O/c1-2-3-9(10)11-6-8-4-5-12-7-8/h8H,2-7H2,1H3,(H2,10,11). The van der Waals surface area contributed by atoms with Gasteiger partial charge in [-0.25, -0.2) is 0 Å². The lowest BCUT2D eigenvalue weighted by atomic mass is 10.1. The molecule has 1 fully saturated rings. The van der Waals surface area contributed by atoms with Crippen molar-refractivity contribution in [3.8, 4) is 0 Å². The van der Waals surface area contributed by atoms with E-state index in [9.17, 15) is 0 Å². The van der Waals surface area contributed by atoms with Crippen molar-refractivity contribution in [1.82, 2.24) is 0 Å². The summed E-state index contributed by atoms with van der Waals surface area (Å²) in [6, 6.07) is 0. The third-order valence-corrected chi connectivity index (χ3v) is 2.08. The maximum Gasteiger partial charge on any atom is 0.0937 e. The van der Waals surface area contributed by atoms with Crippen LogP contribution in [0.5, 0.6) is 0 Å². The molecule has 0 aromatic carbocycles. The van der Waals surface area contributed by atoms with E-state index in [-0.39, 0.29) is 0 Å². The minimum absolute atomic E-state index is 0.611. The fraction of sp³-hybridized carbons (Fsp3) is 0.889. The van der Waals surface area contributed by atoms with E-state index in [1.54, 1.807) is 0 Å². The topological polar surface area (TPSA) is 47.6 Å². The zero-order valence-corrected chi connectivity index (χ0v) is 7.75. The molecule has 0 aromatic rings. The van der Waals surface area contributed by atoms with Crippen LogP contribution in [-0.4, -0.2) is 25.6 Å². The smallest absolute Gasteiger partial charge is 0.0937 e. The van der Waals surface area contributed by atoms with Crippen LogP contribution in [0.4, 0.5) is 0 Å². The first kappa shape index (κ1) is 9.52. The molecule has 70 valence electrons. The maximum absolute atomic E-state index is 5.67. The van der Waals surface area contributed by atoms with Crippen LogP contribution in [-0.2, 0) is 4.74 Å². The summed E-state index contributed by atoms with van der Waals surface area (Å²) in [6.07, 6.45) is 3.15. The fourth-order valence-corrected chi connectivity index (χ4v) is 1.31. The van der Waals surface area contributed by atoms with Gasteiger partial charge in [0, 0.05) is 25.5 Å². The summed E-state index contributed by atoms with van der Waals surface area (Å²) in [5, 5.41) is 0. The Kier molecular flexibility index (Phi) is 4.08. The summed E-state index contributed by atoms with van der Waals surface area (Å²) >= 11 is 0. The summed E-state index contributed by atoms with van der Waals surface area (Å²) in [7, 11) is 0. The number of nitrogens with two attached hydrogens (primary N) is 1. The molecule has 0 amide bonds. The van der Waals surface area contributed by atoms with Gasteiger partial charge in [-0.3, -0.25) is 4.99 Å². The molecular formula is C9H18N2O. The molecule has 1 atom stereocenters. The third kappa shape index (κ3) is 3.22. The van der Waals surface area contributed by atoms with Crippen LogP contribution in [0, 0.1) is 5.92 Å². The van der Waals surface area contributed by atoms with Gasteiger partial charge in [0.2, 0.25) is 0 Å². The molecule has 0 bridgehead atoms. The lowest BCUT2D eigenvalue weighted by Gasteiger charge is -2.03. The van der Waals surface area contributed by atoms with Gasteiger partial charge >= 0.3 is 0 Å². The molecule has 1 aliphatic rings. The number of hydrogen-bond donors (Lipinski definition) is 1. The Hall–Kier alpha value is -0.570. The van der Waals surface area contributed by atoms with E-state index in [1.807, 2.05) is 0 Å². The van der Waals surface area contributed by atoms with Crippen molar-refractivity contribution in [2.75, 3.05) is 19.8 Å². The Morgan fingerprint density at radius 2 is 2.50 bits per heavy atom. The van der Waals surface area contributed by atoms with Gasteiger partial charge in [-0.05, 0) is 12.8 Å². The van der Waals surface area contributed by atoms with Crippen molar-refractivity contribution >= 4 is 5.84 Å². The number of aliphatic imine (C=N–C) groups is 1. The van der Waals surface area contributed by atoms with E-state index < -0.39 is 0 Å². The molecule has 0 radical (unpaired) electrons. The Bertz CT molecular complexity index is 151. The number of hydrogen-bond acceptors (Lipinski definition) is 2. The average molecular weight is 170 g/mol. The summed E-state index contributed by atoms with van der Waals surface area (Å²) in [4.78, 5) is 4.31. The van der Waals surface area contributed by atoms with Crippen LogP contribution in [0.1, 0.15) is 26.2 Å². The molecule has 3 nitrogen and oxygen atoms in total. The Labute approximate surface area is 74.0 Å². The number of nitrogens with zero attached hydrogens (tertiary/aromatic N) is 1. The zero-order valence-electron chi connectivity index (χ0n) is 7.75. The van der Waals surface area contributed by atoms with E-state index in [4.69, 9.17) is 10.5 Å². The summed E-state index contributed by atoms with van der Waals surface area (Å²) in [6.45, 7) is 4.73. The van der Waals surface area contributed by atoms with Gasteiger partial charge in [0.1, 0.15) is 0 Å². The molecule has 1 saturated heterocycles. The highest BCUT2D eigenvalue weighted by molar-refractivity contribution is 5.80. The molecular weight excluding hydrogens is 152 g/mol. The molecule has 0 spiro atoms. The molecule has 1 aliphatic heterocycles. The zero-order chi connectivity index (χ0) is 8.81. The van der Waals surface area contributed by atoms with Gasteiger partial charge in [-0.2, -0.15) is 0 Å². The van der Waals surface area contributed by atoms with Gasteiger partial charge in [0.05, 0.1) is 12.4 Å². The second-order valence-electron chi connectivity index (χ2n) is 3.31. The average Bonchev–Trinajstić information content (AvgIpc) is 2.53. The number of ether oxygens (including phenoxy) is 1. The first-order valence-corrected chi connectivity index (χ1v) is 4.69. The minimum Gasteiger partial charge on any atom is -0.387 e. The molecule has 3 heteroatoms. The lowest BCUT2D eigenvalue weighted by molar-refractivity contribution is 0.187. The third-order valence-electron chi connectivity index (χ3n) is 2.08. The highest BCUT2D eigenvalue weighted by Crippen LogP contribution is 2.12. The van der Waals surface area contributed by atoms with Crippen molar-refractivity contribution in [1.29, 1.82) is 0 Å². The summed E-state index contributed by atoms with van der Waals surface area (Å²) in [5.41, 5.74) is 5.67. The molecule has 2 N–H and O–H groups in total. The predicted octanol–water partition coefficient (Wildman–Crippen LogP) is 1.18. The fourth-order valence-electron chi connectivity index (χ4n) is 1.31. The number of rotatable bonds is 4. The number of amidine groups is 1. The highest BCUT2D eigenvalue weighted by Gasteiger charge is 2.14. The Morgan fingerprint density at radius 3 is 3.08 bits per heavy atom. The maximum atomic E-state index is 5.67. The minimum atomic E-state index is 0.611. The van der Waals surface area contributed by atoms with Crippen LogP contribution >= 0.6 is 0 Å². The van der Waals surface area contributed by atoms with Gasteiger partial charge < -0.3 is 10.5 Å². The molecule has 0 saturated carbocycles. The van der Waals surface area contributed by atoms with E-state index in [2.05, 4.69) is 11.9 Å². The van der Waals surface area contributed by atoms with Crippen LogP contribution in [0.3, 0.4) is 0 Å². The lowest BCUT2D eigenvalue weighted by Crippen LogP contribution is -2.14. The Morgan fingerprint density at radius 1 is 1.67 bits per heavy atom. The normalized spacial score (nSPS) is 24.8. The SMILES string of the molecule is CCCC(N)=NCC1CCOC1. The van der Waals surface area contributed by atoms with Crippen LogP contribution in [0.2, 0.25) is 0 Å². The summed E-state index contributed by atoms with van der Waals surface area (Å²) in [5.74, 6) is 1.41. The molecule has 0 aromatic heterocycles. The molecule has 1 unspecified atom stereocenters. The second kappa shape index (κ2) is 5.14. The van der Waals surface area contributed by atoms with E-state index >= 15 is 0 Å². The summed E-state index contributed by atoms with van der Waals surface area (Å²) < 4.78 is 5.24. The second-order valence-corrected chi connectivity index (χ2v) is 3.31. The quantitative estimate of drug-likeness (QED) is 0.508. The van der Waals surface area contributed by atoms with Crippen molar-refractivity contribution in [3.63, 3.8) is 0 Å². The van der Waals surface area contributed by atoms with Gasteiger partial charge in [0.15, 0.2) is 0 Å². The molecule has 1 heterocycles. The van der Waals surface area contributed by atoms with Crippen molar-refractivity contribution in [2.45, 2.75) is 26.2 Å². The predicted molar refractivity (Wildman–Crippen MR) is 50.3 cm³/mol.